The summed E-state index contributed by atoms with van der Waals surface area (Å²) in [5, 5.41) is 7.82. The van der Waals surface area contributed by atoms with Gasteiger partial charge in [-0.2, -0.15) is 0 Å². The van der Waals surface area contributed by atoms with Crippen LogP contribution in [0.3, 0.4) is 0 Å². The van der Waals surface area contributed by atoms with Crippen molar-refractivity contribution in [1.29, 1.82) is 0 Å². The first-order valence-corrected chi connectivity index (χ1v) is 2.63. The second-order valence-corrected chi connectivity index (χ2v) is 3.22. The highest BCUT2D eigenvalue weighted by molar-refractivity contribution is 6.76. The molecule has 0 spiro atoms. The highest BCUT2D eigenvalue weighted by Gasteiger charge is 2.29. The fourth-order valence-electron chi connectivity index (χ4n) is 0.0634. The van der Waals surface area contributed by atoms with Crippen molar-refractivity contribution >= 4 is 40.7 Å². The van der Waals surface area contributed by atoms with E-state index < -0.39 is 9.70 Å². The molecule has 6 heteroatoms. The van der Waals surface area contributed by atoms with E-state index in [-0.39, 0.29) is 0 Å². The Labute approximate surface area is 60.5 Å². The molecule has 0 aliphatic heterocycles. The Bertz CT molecular complexity index is 97.9. The number of alkyl halides is 3. The van der Waals surface area contributed by atoms with E-state index in [4.69, 9.17) is 40.0 Å². The van der Waals surface area contributed by atoms with E-state index in [1.165, 1.54) is 5.48 Å². The van der Waals surface area contributed by atoms with Gasteiger partial charge in [0.1, 0.15) is 0 Å². The summed E-state index contributed by atoms with van der Waals surface area (Å²) >= 11 is 14.8. The number of carbonyl (C=O) groups is 1. The molecule has 48 valence electrons. The van der Waals surface area contributed by atoms with Gasteiger partial charge < -0.3 is 0 Å². The lowest BCUT2D eigenvalue weighted by Crippen LogP contribution is -2.31. The molecule has 0 atom stereocenters. The molecule has 0 unspecified atom stereocenters. The Hall–Kier alpha value is 0.300. The number of nitrogens with one attached hydrogen (secondary N) is 1. The Kier molecular flexibility index (Phi) is 2.83. The van der Waals surface area contributed by atoms with E-state index in [2.05, 4.69) is 0 Å². The number of halogens is 3. The summed E-state index contributed by atoms with van der Waals surface area (Å²) in [6.45, 7) is 0. The van der Waals surface area contributed by atoms with Crippen LogP contribution in [0.2, 0.25) is 0 Å². The van der Waals surface area contributed by atoms with Gasteiger partial charge in [0, 0.05) is 0 Å². The molecular formula is C2H2Cl3NO2. The van der Waals surface area contributed by atoms with Gasteiger partial charge in [-0.1, -0.05) is 34.8 Å². The Morgan fingerprint density at radius 2 is 1.88 bits per heavy atom. The smallest absolute Gasteiger partial charge is 0.289 e. The van der Waals surface area contributed by atoms with E-state index in [1.807, 2.05) is 0 Å². The summed E-state index contributed by atoms with van der Waals surface area (Å²) in [5.74, 6) is -1.07. The first kappa shape index (κ1) is 8.30. The van der Waals surface area contributed by atoms with Gasteiger partial charge in [-0.05, 0) is 0 Å². The topological polar surface area (TPSA) is 49.3 Å². The van der Waals surface area contributed by atoms with E-state index >= 15 is 0 Å². The maximum atomic E-state index is 10.1. The molecule has 0 aromatic carbocycles. The van der Waals surface area contributed by atoms with Crippen LogP contribution in [-0.2, 0) is 4.79 Å². The molecule has 0 aromatic rings. The zero-order valence-corrected chi connectivity index (χ0v) is 5.76. The second-order valence-electron chi connectivity index (χ2n) is 0.939. The molecule has 0 aromatic heterocycles. The van der Waals surface area contributed by atoms with Gasteiger partial charge in [-0.3, -0.25) is 10.0 Å². The Morgan fingerprint density at radius 1 is 1.50 bits per heavy atom. The van der Waals surface area contributed by atoms with Gasteiger partial charge in [0.25, 0.3) is 9.70 Å². The molecule has 0 radical (unpaired) electrons. The average molecular weight is 178 g/mol. The lowest BCUT2D eigenvalue weighted by Gasteiger charge is -2.04. The van der Waals surface area contributed by atoms with E-state index in [0.29, 0.717) is 0 Å². The number of hydrogen-bond acceptors (Lipinski definition) is 2. The van der Waals surface area contributed by atoms with Crippen LogP contribution in [0.15, 0.2) is 0 Å². The standard InChI is InChI=1S/C2H2Cl3NO2/c3-2(4,5)1(7)6-8/h8H,(H,6,7). The van der Waals surface area contributed by atoms with Gasteiger partial charge >= 0.3 is 0 Å². The average Bonchev–Trinajstić information content (AvgIpc) is 1.62. The Morgan fingerprint density at radius 3 is 1.88 bits per heavy atom. The lowest BCUT2D eigenvalue weighted by molar-refractivity contribution is -0.128. The number of carbonyl (C=O) groups excluding carboxylic acids is 1. The first-order chi connectivity index (χ1) is 3.48. The van der Waals surface area contributed by atoms with Crippen molar-refractivity contribution in [2.75, 3.05) is 0 Å². The third-order valence-electron chi connectivity index (χ3n) is 0.359. The molecular weight excluding hydrogens is 176 g/mol. The summed E-state index contributed by atoms with van der Waals surface area (Å²) in [6, 6.07) is 0. The molecule has 0 bridgehead atoms. The molecule has 0 saturated heterocycles. The van der Waals surface area contributed by atoms with Crippen LogP contribution in [0, 0.1) is 0 Å². The molecule has 0 rings (SSSR count). The van der Waals surface area contributed by atoms with Crippen molar-refractivity contribution < 1.29 is 10.0 Å². The maximum Gasteiger partial charge on any atom is 0.295 e. The van der Waals surface area contributed by atoms with Crippen LogP contribution in [0.25, 0.3) is 0 Å². The van der Waals surface area contributed by atoms with E-state index in [9.17, 15) is 4.79 Å². The molecule has 0 heterocycles. The van der Waals surface area contributed by atoms with Crippen molar-refractivity contribution in [3.63, 3.8) is 0 Å². The summed E-state index contributed by atoms with van der Waals surface area (Å²) in [5.41, 5.74) is 1.17. The van der Waals surface area contributed by atoms with Crippen LogP contribution in [0.4, 0.5) is 0 Å². The zero-order chi connectivity index (χ0) is 6.78. The number of hydrogen-bond donors (Lipinski definition) is 2. The van der Waals surface area contributed by atoms with Crippen LogP contribution < -0.4 is 5.48 Å². The Balaban J connectivity index is 3.82. The van der Waals surface area contributed by atoms with Crippen molar-refractivity contribution in [2.45, 2.75) is 3.79 Å². The fourth-order valence-corrected chi connectivity index (χ4v) is 0.190. The van der Waals surface area contributed by atoms with E-state index in [0.717, 1.165) is 0 Å². The van der Waals surface area contributed by atoms with Crippen molar-refractivity contribution in [3.8, 4) is 0 Å². The van der Waals surface area contributed by atoms with Gasteiger partial charge in [0.15, 0.2) is 0 Å². The van der Waals surface area contributed by atoms with Gasteiger partial charge in [-0.15, -0.1) is 0 Å². The number of amides is 1. The van der Waals surface area contributed by atoms with Gasteiger partial charge in [0.2, 0.25) is 0 Å². The summed E-state index contributed by atoms with van der Waals surface area (Å²) in [7, 11) is 0. The molecule has 2 N–H and O–H groups in total. The normalized spacial score (nSPS) is 11.0. The third kappa shape index (κ3) is 2.57. The molecule has 0 aliphatic carbocycles. The van der Waals surface area contributed by atoms with Crippen LogP contribution in [0.1, 0.15) is 0 Å². The molecule has 0 saturated carbocycles. The molecule has 1 amide bonds. The largest absolute Gasteiger partial charge is 0.295 e. The lowest BCUT2D eigenvalue weighted by atomic mass is 10.7. The summed E-state index contributed by atoms with van der Waals surface area (Å²) in [6.07, 6.45) is 0. The minimum absolute atomic E-state index is 1.07. The quantitative estimate of drug-likeness (QED) is 0.328. The second kappa shape index (κ2) is 2.73. The highest BCUT2D eigenvalue weighted by atomic mass is 35.6. The van der Waals surface area contributed by atoms with Crippen molar-refractivity contribution in [3.05, 3.63) is 0 Å². The molecule has 0 fully saturated rings. The summed E-state index contributed by atoms with van der Waals surface area (Å²) < 4.78 is -2.07. The van der Waals surface area contributed by atoms with E-state index in [1.54, 1.807) is 0 Å². The molecule has 0 aliphatic rings. The van der Waals surface area contributed by atoms with Crippen LogP contribution >= 0.6 is 34.8 Å². The van der Waals surface area contributed by atoms with Gasteiger partial charge in [0.05, 0.1) is 0 Å². The maximum absolute atomic E-state index is 10.1. The number of hydroxylamine groups is 1. The minimum atomic E-state index is -2.07. The SMILES string of the molecule is O=C(NO)C(Cl)(Cl)Cl. The zero-order valence-electron chi connectivity index (χ0n) is 3.49. The minimum Gasteiger partial charge on any atom is -0.289 e. The number of rotatable bonds is 0. The monoisotopic (exact) mass is 177 g/mol. The molecule has 8 heavy (non-hydrogen) atoms. The van der Waals surface area contributed by atoms with Crippen LogP contribution in [0.5, 0.6) is 0 Å². The highest BCUT2D eigenvalue weighted by Crippen LogP contribution is 2.25. The predicted molar refractivity (Wildman–Crippen MR) is 30.2 cm³/mol. The van der Waals surface area contributed by atoms with Crippen LogP contribution in [-0.4, -0.2) is 14.9 Å². The summed E-state index contributed by atoms with van der Waals surface area (Å²) in [4.78, 5) is 10.1. The molecule has 3 nitrogen and oxygen atoms in total. The van der Waals surface area contributed by atoms with Gasteiger partial charge in [-0.25, -0.2) is 5.48 Å². The van der Waals surface area contributed by atoms with Crippen molar-refractivity contribution in [2.24, 2.45) is 0 Å². The predicted octanol–water partition coefficient (Wildman–Crippen LogP) is 0.862. The third-order valence-corrected chi connectivity index (χ3v) is 0.874. The first-order valence-electron chi connectivity index (χ1n) is 1.49. The van der Waals surface area contributed by atoms with Crippen molar-refractivity contribution in [1.82, 2.24) is 5.48 Å². The fraction of sp³-hybridized carbons (Fsp3) is 0.500.